The highest BCUT2D eigenvalue weighted by molar-refractivity contribution is 6.33. The Morgan fingerprint density at radius 1 is 1.41 bits per heavy atom. The van der Waals surface area contributed by atoms with E-state index in [4.69, 9.17) is 16.3 Å². The van der Waals surface area contributed by atoms with E-state index in [2.05, 4.69) is 10.6 Å². The molecule has 1 aliphatic heterocycles. The van der Waals surface area contributed by atoms with Crippen molar-refractivity contribution in [2.45, 2.75) is 19.0 Å². The molecule has 8 heteroatoms. The first kappa shape index (κ1) is 14.5. The van der Waals surface area contributed by atoms with Gasteiger partial charge < -0.3 is 19.7 Å². The number of aromatic nitrogens is 1. The highest BCUT2D eigenvalue weighted by Crippen LogP contribution is 2.36. The molecule has 0 saturated carbocycles. The van der Waals surface area contributed by atoms with E-state index < -0.39 is 17.5 Å². The summed E-state index contributed by atoms with van der Waals surface area (Å²) < 4.78 is 6.63. The highest BCUT2D eigenvalue weighted by atomic mass is 35.5. The summed E-state index contributed by atoms with van der Waals surface area (Å²) in [7, 11) is 1.50. The maximum Gasteiger partial charge on any atom is 0.322 e. The second kappa shape index (κ2) is 4.81. The van der Waals surface area contributed by atoms with Gasteiger partial charge in [-0.3, -0.25) is 10.1 Å². The van der Waals surface area contributed by atoms with Crippen molar-refractivity contribution < 1.29 is 19.4 Å². The zero-order valence-corrected chi connectivity index (χ0v) is 12.7. The molecule has 1 aromatic carbocycles. The number of benzene rings is 1. The first-order valence-corrected chi connectivity index (χ1v) is 6.91. The van der Waals surface area contributed by atoms with Gasteiger partial charge in [0.25, 0.3) is 5.91 Å². The summed E-state index contributed by atoms with van der Waals surface area (Å²) in [4.78, 5) is 23.2. The smallest absolute Gasteiger partial charge is 0.322 e. The van der Waals surface area contributed by atoms with Crippen molar-refractivity contribution >= 4 is 34.3 Å². The maximum absolute atomic E-state index is 11.9. The number of halogens is 1. The molecule has 22 heavy (non-hydrogen) atoms. The minimum atomic E-state index is -1.13. The number of ether oxygens (including phenoxy) is 1. The molecular formula is C14H14ClN3O4. The molecule has 116 valence electrons. The lowest BCUT2D eigenvalue weighted by atomic mass is 10.0. The average Bonchev–Trinajstić information content (AvgIpc) is 2.87. The highest BCUT2D eigenvalue weighted by Gasteiger charge is 2.42. The number of nitrogens with zero attached hydrogens (tertiary/aromatic N) is 1. The summed E-state index contributed by atoms with van der Waals surface area (Å²) in [5.74, 6) is 0.0180. The van der Waals surface area contributed by atoms with Crippen LogP contribution in [-0.2, 0) is 11.3 Å². The molecule has 1 fully saturated rings. The largest absolute Gasteiger partial charge is 0.495 e. The number of aromatic hydroxyl groups is 1. The zero-order valence-electron chi connectivity index (χ0n) is 11.9. The van der Waals surface area contributed by atoms with E-state index in [-0.39, 0.29) is 12.4 Å². The number of fused-ring (bicyclic) bond motifs is 1. The Kier molecular flexibility index (Phi) is 3.17. The van der Waals surface area contributed by atoms with Crippen molar-refractivity contribution in [3.63, 3.8) is 0 Å². The first-order valence-electron chi connectivity index (χ1n) is 6.53. The second-order valence-electron chi connectivity index (χ2n) is 5.39. The molecule has 1 unspecified atom stereocenters. The van der Waals surface area contributed by atoms with E-state index in [1.807, 2.05) is 0 Å². The number of hydrogen-bond acceptors (Lipinski definition) is 4. The monoisotopic (exact) mass is 323 g/mol. The minimum Gasteiger partial charge on any atom is -0.495 e. The molecule has 0 spiro atoms. The first-order chi connectivity index (χ1) is 10.3. The molecule has 1 saturated heterocycles. The number of amides is 3. The van der Waals surface area contributed by atoms with Gasteiger partial charge >= 0.3 is 6.03 Å². The van der Waals surface area contributed by atoms with Crippen molar-refractivity contribution in [3.05, 3.63) is 23.4 Å². The number of rotatable bonds is 3. The number of hydrogen-bond donors (Lipinski definition) is 3. The fourth-order valence-corrected chi connectivity index (χ4v) is 2.80. The number of imide groups is 1. The van der Waals surface area contributed by atoms with Gasteiger partial charge in [0, 0.05) is 17.0 Å². The predicted octanol–water partition coefficient (Wildman–Crippen LogP) is 1.61. The van der Waals surface area contributed by atoms with Crippen LogP contribution < -0.4 is 15.4 Å². The predicted molar refractivity (Wildman–Crippen MR) is 80.2 cm³/mol. The van der Waals surface area contributed by atoms with Crippen molar-refractivity contribution in [1.29, 1.82) is 0 Å². The van der Waals surface area contributed by atoms with Crippen molar-refractivity contribution in [3.8, 4) is 11.6 Å². The number of methoxy groups -OCH3 is 1. The van der Waals surface area contributed by atoms with Gasteiger partial charge in [-0.2, -0.15) is 0 Å². The lowest BCUT2D eigenvalue weighted by molar-refractivity contribution is -0.123. The van der Waals surface area contributed by atoms with Gasteiger partial charge in [0.15, 0.2) is 5.88 Å². The topological polar surface area (TPSA) is 92.6 Å². The molecule has 2 aromatic rings. The van der Waals surface area contributed by atoms with Crippen LogP contribution in [0.5, 0.6) is 11.6 Å². The SMILES string of the molecule is COc1cc2cn(CC3(C)NC(=O)NC3=O)c(O)c2cc1Cl. The molecule has 7 nitrogen and oxygen atoms in total. The van der Waals surface area contributed by atoms with Gasteiger partial charge in [-0.1, -0.05) is 11.6 Å². The number of carbonyl (C=O) groups excluding carboxylic acids is 2. The van der Waals surface area contributed by atoms with E-state index in [9.17, 15) is 14.7 Å². The number of urea groups is 1. The van der Waals surface area contributed by atoms with Crippen LogP contribution in [0.4, 0.5) is 4.79 Å². The third kappa shape index (κ3) is 2.14. The van der Waals surface area contributed by atoms with Gasteiger partial charge in [-0.05, 0) is 19.1 Å². The lowest BCUT2D eigenvalue weighted by Crippen LogP contribution is -2.47. The van der Waals surface area contributed by atoms with E-state index in [1.165, 1.54) is 11.7 Å². The maximum atomic E-state index is 11.9. The minimum absolute atomic E-state index is 0.0327. The molecule has 0 radical (unpaired) electrons. The quantitative estimate of drug-likeness (QED) is 0.748. The van der Waals surface area contributed by atoms with Gasteiger partial charge in [0.05, 0.1) is 18.7 Å². The molecule has 1 aromatic heterocycles. The van der Waals surface area contributed by atoms with Crippen LogP contribution in [0.15, 0.2) is 18.3 Å². The van der Waals surface area contributed by atoms with Crippen molar-refractivity contribution in [2.24, 2.45) is 0 Å². The average molecular weight is 324 g/mol. The van der Waals surface area contributed by atoms with Crippen LogP contribution in [0, 0.1) is 0 Å². The molecule has 3 N–H and O–H groups in total. The molecule has 1 atom stereocenters. The lowest BCUT2D eigenvalue weighted by Gasteiger charge is -2.21. The van der Waals surface area contributed by atoms with Crippen LogP contribution in [0.2, 0.25) is 5.02 Å². The van der Waals surface area contributed by atoms with Crippen LogP contribution in [0.25, 0.3) is 10.8 Å². The Labute approximate surface area is 130 Å². The Morgan fingerprint density at radius 2 is 2.14 bits per heavy atom. The van der Waals surface area contributed by atoms with Crippen molar-refractivity contribution in [1.82, 2.24) is 15.2 Å². The van der Waals surface area contributed by atoms with E-state index in [0.29, 0.717) is 21.5 Å². The Balaban J connectivity index is 2.03. The molecule has 3 amide bonds. The fraction of sp³-hybridized carbons (Fsp3) is 0.286. The Hall–Kier alpha value is -2.41. The van der Waals surface area contributed by atoms with Crippen LogP contribution in [0.3, 0.4) is 0 Å². The van der Waals surface area contributed by atoms with Gasteiger partial charge in [0.1, 0.15) is 11.3 Å². The third-order valence-electron chi connectivity index (χ3n) is 3.74. The molecule has 1 aliphatic rings. The number of carbonyl (C=O) groups is 2. The fourth-order valence-electron chi connectivity index (χ4n) is 2.56. The van der Waals surface area contributed by atoms with E-state index in [0.717, 1.165) is 0 Å². The van der Waals surface area contributed by atoms with Crippen LogP contribution >= 0.6 is 11.6 Å². The third-order valence-corrected chi connectivity index (χ3v) is 4.03. The Morgan fingerprint density at radius 3 is 2.73 bits per heavy atom. The normalized spacial score (nSPS) is 21.0. The molecule has 2 heterocycles. The molecule has 3 rings (SSSR count). The number of nitrogens with one attached hydrogen (secondary N) is 2. The van der Waals surface area contributed by atoms with E-state index >= 15 is 0 Å². The summed E-state index contributed by atoms with van der Waals surface area (Å²) in [5, 5.41) is 16.7. The van der Waals surface area contributed by atoms with Gasteiger partial charge in [-0.25, -0.2) is 4.79 Å². The van der Waals surface area contributed by atoms with Crippen LogP contribution in [-0.4, -0.2) is 34.3 Å². The molecule has 0 bridgehead atoms. The Bertz CT molecular complexity index is 801. The van der Waals surface area contributed by atoms with Crippen molar-refractivity contribution in [2.75, 3.05) is 7.11 Å². The van der Waals surface area contributed by atoms with Crippen LogP contribution in [0.1, 0.15) is 6.92 Å². The summed E-state index contributed by atoms with van der Waals surface area (Å²) in [5.41, 5.74) is -1.13. The van der Waals surface area contributed by atoms with Gasteiger partial charge in [-0.15, -0.1) is 0 Å². The summed E-state index contributed by atoms with van der Waals surface area (Å²) >= 11 is 6.06. The van der Waals surface area contributed by atoms with Gasteiger partial charge in [0.2, 0.25) is 0 Å². The summed E-state index contributed by atoms with van der Waals surface area (Å²) in [6, 6.07) is 2.74. The van der Waals surface area contributed by atoms with E-state index in [1.54, 1.807) is 25.3 Å². The summed E-state index contributed by atoms with van der Waals surface area (Å²) in [6.45, 7) is 1.68. The zero-order chi connectivity index (χ0) is 16.1. The standard InChI is InChI=1S/C14H14ClN3O4/c1-14(12(20)16-13(21)17-14)6-18-5-7-3-10(22-2)9(15)4-8(7)11(18)19/h3-5,19H,6H2,1-2H3,(H2,16,17,20,21). The molecule has 0 aliphatic carbocycles. The second-order valence-corrected chi connectivity index (χ2v) is 5.80. The molecular weight excluding hydrogens is 310 g/mol. The summed E-state index contributed by atoms with van der Waals surface area (Å²) in [6.07, 6.45) is 1.67.